The molecule has 0 aromatic heterocycles. The lowest BCUT2D eigenvalue weighted by atomic mass is 10.1. The Morgan fingerprint density at radius 3 is 1.97 bits per heavy atom. The van der Waals surface area contributed by atoms with Gasteiger partial charge in [-0.2, -0.15) is 0 Å². The smallest absolute Gasteiger partial charge is 0.264 e. The number of hydrogen-bond acceptors (Lipinski definition) is 5. The van der Waals surface area contributed by atoms with Gasteiger partial charge in [0, 0.05) is 6.26 Å². The van der Waals surface area contributed by atoms with Crippen LogP contribution >= 0.6 is 0 Å². The van der Waals surface area contributed by atoms with E-state index in [0.717, 1.165) is 34.8 Å². The molecule has 0 saturated carbocycles. The van der Waals surface area contributed by atoms with Gasteiger partial charge in [0.1, 0.15) is 12.4 Å². The molecule has 0 fully saturated rings. The van der Waals surface area contributed by atoms with Crippen molar-refractivity contribution in [3.63, 3.8) is 0 Å². The first-order valence-corrected chi connectivity index (χ1v) is 13.2. The number of sulfonamides is 1. The molecule has 7 nitrogen and oxygen atoms in total. The van der Waals surface area contributed by atoms with E-state index >= 15 is 0 Å². The summed E-state index contributed by atoms with van der Waals surface area (Å²) in [5, 5.41) is 2.73. The van der Waals surface area contributed by atoms with Crippen molar-refractivity contribution in [2.75, 3.05) is 17.1 Å². The number of rotatable bonds is 8. The predicted octanol–water partition coefficient (Wildman–Crippen LogP) is 3.30. The van der Waals surface area contributed by atoms with Crippen LogP contribution in [0.15, 0.2) is 88.7 Å². The zero-order valence-electron chi connectivity index (χ0n) is 18.0. The van der Waals surface area contributed by atoms with Gasteiger partial charge in [-0.3, -0.25) is 9.10 Å². The zero-order valence-corrected chi connectivity index (χ0v) is 19.6. The molecule has 1 atom stereocenters. The van der Waals surface area contributed by atoms with Crippen molar-refractivity contribution < 1.29 is 26.0 Å². The van der Waals surface area contributed by atoms with Gasteiger partial charge in [0.2, 0.25) is 5.91 Å². The first-order chi connectivity index (χ1) is 15.5. The minimum atomic E-state index is -4.15. The molecule has 0 heterocycles. The van der Waals surface area contributed by atoms with Gasteiger partial charge in [0.25, 0.3) is 10.0 Å². The van der Waals surface area contributed by atoms with Gasteiger partial charge in [-0.25, -0.2) is 21.2 Å². The van der Waals surface area contributed by atoms with Gasteiger partial charge < -0.3 is 5.32 Å². The van der Waals surface area contributed by atoms with E-state index in [2.05, 4.69) is 5.32 Å². The second-order valence-electron chi connectivity index (χ2n) is 7.43. The van der Waals surface area contributed by atoms with Gasteiger partial charge in [0.15, 0.2) is 9.84 Å². The van der Waals surface area contributed by atoms with Crippen LogP contribution in [0.1, 0.15) is 18.5 Å². The Bertz CT molecular complexity index is 1330. The molecule has 33 heavy (non-hydrogen) atoms. The highest BCUT2D eigenvalue weighted by Gasteiger charge is 2.27. The number of sulfone groups is 1. The molecular weight excluding hydrogens is 467 g/mol. The van der Waals surface area contributed by atoms with Crippen LogP contribution in [0, 0.1) is 5.82 Å². The lowest BCUT2D eigenvalue weighted by Crippen LogP contribution is -2.41. The molecule has 0 aliphatic heterocycles. The van der Waals surface area contributed by atoms with Gasteiger partial charge >= 0.3 is 0 Å². The van der Waals surface area contributed by atoms with Crippen LogP contribution in [-0.2, 0) is 24.7 Å². The number of benzene rings is 3. The molecular formula is C23H23FN2O5S2. The zero-order chi connectivity index (χ0) is 24.2. The molecule has 3 aromatic carbocycles. The first-order valence-electron chi connectivity index (χ1n) is 9.91. The first kappa shape index (κ1) is 24.4. The monoisotopic (exact) mass is 490 g/mol. The molecule has 0 spiro atoms. The molecule has 0 aliphatic rings. The van der Waals surface area contributed by atoms with Gasteiger partial charge in [-0.1, -0.05) is 30.3 Å². The van der Waals surface area contributed by atoms with Gasteiger partial charge in [-0.15, -0.1) is 0 Å². The van der Waals surface area contributed by atoms with Crippen molar-refractivity contribution in [2.24, 2.45) is 0 Å². The van der Waals surface area contributed by atoms with E-state index in [4.69, 9.17) is 0 Å². The Labute approximate surface area is 192 Å². The third-order valence-corrected chi connectivity index (χ3v) is 7.84. The summed E-state index contributed by atoms with van der Waals surface area (Å²) in [6, 6.07) is 18.1. The number of amides is 1. The topological polar surface area (TPSA) is 101 Å². The molecule has 3 rings (SSSR count). The molecule has 174 valence electrons. The van der Waals surface area contributed by atoms with Crippen LogP contribution in [-0.4, -0.2) is 35.5 Å². The van der Waals surface area contributed by atoms with Gasteiger partial charge in [0.05, 0.1) is 21.5 Å². The van der Waals surface area contributed by atoms with E-state index in [9.17, 15) is 26.0 Å². The summed E-state index contributed by atoms with van der Waals surface area (Å²) in [7, 11) is -7.49. The Hall–Kier alpha value is -3.24. The predicted molar refractivity (Wildman–Crippen MR) is 123 cm³/mol. The minimum absolute atomic E-state index is 0.148. The Morgan fingerprint density at radius 1 is 0.879 bits per heavy atom. The highest BCUT2D eigenvalue weighted by atomic mass is 32.2. The maximum atomic E-state index is 13.3. The standard InChI is InChI=1S/C23H23FN2O5S2/c1-17(18-8-12-21(13-9-18)32(2,28)29)25-23(27)16-26(20-6-4-3-5-7-20)33(30,31)22-14-10-19(24)11-15-22/h3-15,17H,16H2,1-2H3,(H,25,27)/t17-/m0/s1. The average molecular weight is 491 g/mol. The third kappa shape index (κ3) is 5.96. The quantitative estimate of drug-likeness (QED) is 0.522. The summed E-state index contributed by atoms with van der Waals surface area (Å²) >= 11 is 0. The van der Waals surface area contributed by atoms with E-state index in [1.807, 2.05) is 0 Å². The van der Waals surface area contributed by atoms with Crippen molar-refractivity contribution in [1.82, 2.24) is 5.32 Å². The Morgan fingerprint density at radius 2 is 1.42 bits per heavy atom. The number of nitrogens with one attached hydrogen (secondary N) is 1. The molecule has 1 amide bonds. The number of carbonyl (C=O) groups is 1. The fraction of sp³-hybridized carbons (Fsp3) is 0.174. The van der Waals surface area contributed by atoms with Crippen molar-refractivity contribution >= 4 is 31.5 Å². The molecule has 0 aliphatic carbocycles. The van der Waals surface area contributed by atoms with Crippen molar-refractivity contribution in [1.29, 1.82) is 0 Å². The van der Waals surface area contributed by atoms with Crippen LogP contribution in [0.25, 0.3) is 0 Å². The highest BCUT2D eigenvalue weighted by Crippen LogP contribution is 2.24. The van der Waals surface area contributed by atoms with Crippen LogP contribution in [0.3, 0.4) is 0 Å². The third-order valence-electron chi connectivity index (χ3n) is 4.92. The summed E-state index contributed by atoms with van der Waals surface area (Å²) < 4.78 is 64.0. The molecule has 0 radical (unpaired) electrons. The number of carbonyl (C=O) groups excluding carboxylic acids is 1. The lowest BCUT2D eigenvalue weighted by Gasteiger charge is -2.25. The maximum Gasteiger partial charge on any atom is 0.264 e. The fourth-order valence-electron chi connectivity index (χ4n) is 3.15. The normalized spacial score (nSPS) is 12.7. The van der Waals surface area contributed by atoms with E-state index in [-0.39, 0.29) is 15.5 Å². The van der Waals surface area contributed by atoms with Gasteiger partial charge in [-0.05, 0) is 61.0 Å². The number of para-hydroxylation sites is 1. The van der Waals surface area contributed by atoms with E-state index < -0.39 is 44.2 Å². The van der Waals surface area contributed by atoms with Crippen molar-refractivity contribution in [3.8, 4) is 0 Å². The van der Waals surface area contributed by atoms with Crippen LogP contribution < -0.4 is 9.62 Å². The van der Waals surface area contributed by atoms with Crippen LogP contribution in [0.4, 0.5) is 10.1 Å². The maximum absolute atomic E-state index is 13.3. The highest BCUT2D eigenvalue weighted by molar-refractivity contribution is 7.93. The minimum Gasteiger partial charge on any atom is -0.348 e. The van der Waals surface area contributed by atoms with E-state index in [1.165, 1.54) is 12.1 Å². The number of halogens is 1. The Balaban J connectivity index is 1.83. The SMILES string of the molecule is C[C@H](NC(=O)CN(c1ccccc1)S(=O)(=O)c1ccc(F)cc1)c1ccc(S(C)(=O)=O)cc1. The fourth-order valence-corrected chi connectivity index (χ4v) is 5.20. The summed E-state index contributed by atoms with van der Waals surface area (Å²) in [6.07, 6.45) is 1.10. The molecule has 10 heteroatoms. The van der Waals surface area contributed by atoms with E-state index in [0.29, 0.717) is 5.56 Å². The summed E-state index contributed by atoms with van der Waals surface area (Å²) in [5.74, 6) is -1.14. The number of anilines is 1. The molecule has 1 N–H and O–H groups in total. The summed E-state index contributed by atoms with van der Waals surface area (Å²) in [6.45, 7) is 1.20. The Kier molecular flexibility index (Phi) is 7.19. The van der Waals surface area contributed by atoms with Crippen molar-refractivity contribution in [3.05, 3.63) is 90.2 Å². The number of hydrogen-bond donors (Lipinski definition) is 1. The van der Waals surface area contributed by atoms with Crippen LogP contribution in [0.2, 0.25) is 0 Å². The summed E-state index contributed by atoms with van der Waals surface area (Å²) in [5.41, 5.74) is 0.936. The van der Waals surface area contributed by atoms with Crippen LogP contribution in [0.5, 0.6) is 0 Å². The largest absolute Gasteiger partial charge is 0.348 e. The summed E-state index contributed by atoms with van der Waals surface area (Å²) in [4.78, 5) is 12.8. The second kappa shape index (κ2) is 9.72. The molecule has 3 aromatic rings. The molecule has 0 bridgehead atoms. The molecule has 0 saturated heterocycles. The average Bonchev–Trinajstić information content (AvgIpc) is 2.77. The second-order valence-corrected chi connectivity index (χ2v) is 11.3. The molecule has 0 unspecified atom stereocenters. The van der Waals surface area contributed by atoms with Crippen molar-refractivity contribution in [2.45, 2.75) is 22.8 Å². The number of nitrogens with zero attached hydrogens (tertiary/aromatic N) is 1. The van der Waals surface area contributed by atoms with E-state index in [1.54, 1.807) is 49.4 Å². The lowest BCUT2D eigenvalue weighted by molar-refractivity contribution is -0.120.